The SMILES string of the molecule is c1ccc(-c2cc(-c3ccccc3)nc(-c3ccc(-c4ccc(-c5cccc6ccccc56)cc4)c4c3oc3ccccc34)n2)cc1. The van der Waals surface area contributed by atoms with Crippen molar-refractivity contribution >= 4 is 32.7 Å². The molecule has 9 aromatic rings. The number of rotatable bonds is 5. The van der Waals surface area contributed by atoms with Gasteiger partial charge in [0.25, 0.3) is 0 Å². The summed E-state index contributed by atoms with van der Waals surface area (Å²) in [5.74, 6) is 0.632. The summed E-state index contributed by atoms with van der Waals surface area (Å²) in [4.78, 5) is 10.2. The van der Waals surface area contributed by atoms with Crippen LogP contribution in [-0.4, -0.2) is 9.97 Å². The maximum atomic E-state index is 6.65. The van der Waals surface area contributed by atoms with E-state index in [9.17, 15) is 0 Å². The average molecular weight is 601 g/mol. The second-order valence-corrected chi connectivity index (χ2v) is 11.8. The Hall–Kier alpha value is -6.32. The number of aromatic nitrogens is 2. The van der Waals surface area contributed by atoms with E-state index in [0.717, 1.165) is 61.1 Å². The number of benzene rings is 7. The normalized spacial score (nSPS) is 11.4. The molecule has 0 aliphatic carbocycles. The van der Waals surface area contributed by atoms with Crippen molar-refractivity contribution in [2.45, 2.75) is 0 Å². The highest BCUT2D eigenvalue weighted by atomic mass is 16.3. The zero-order chi connectivity index (χ0) is 31.2. The first-order valence-electron chi connectivity index (χ1n) is 15.8. The van der Waals surface area contributed by atoms with Crippen LogP contribution in [0.1, 0.15) is 0 Å². The highest BCUT2D eigenvalue weighted by molar-refractivity contribution is 6.16. The Labute approximate surface area is 272 Å². The number of hydrogen-bond donors (Lipinski definition) is 0. The number of hydrogen-bond acceptors (Lipinski definition) is 3. The van der Waals surface area contributed by atoms with Gasteiger partial charge in [0.1, 0.15) is 11.2 Å². The van der Waals surface area contributed by atoms with E-state index in [4.69, 9.17) is 14.4 Å². The van der Waals surface area contributed by atoms with Crippen LogP contribution in [-0.2, 0) is 0 Å². The third-order valence-electron chi connectivity index (χ3n) is 8.93. The summed E-state index contributed by atoms with van der Waals surface area (Å²) < 4.78 is 6.65. The highest BCUT2D eigenvalue weighted by Crippen LogP contribution is 2.42. The molecule has 2 aromatic heterocycles. The molecule has 0 amide bonds. The van der Waals surface area contributed by atoms with Gasteiger partial charge in [0.2, 0.25) is 0 Å². The smallest absolute Gasteiger partial charge is 0.164 e. The standard InChI is InChI=1S/C44H28N2O/c1-3-13-32(14-4-1)39-28-40(33-15-5-2-6-16-33)46-44(45-39)38-27-26-36(42-37-19-9-10-21-41(37)47-43(38)42)31-24-22-30(23-25-31)35-20-11-17-29-12-7-8-18-34(29)35/h1-28H. The first-order valence-corrected chi connectivity index (χ1v) is 15.8. The van der Waals surface area contributed by atoms with Gasteiger partial charge in [0, 0.05) is 21.9 Å². The molecule has 220 valence electrons. The molecule has 0 saturated heterocycles. The van der Waals surface area contributed by atoms with Crippen LogP contribution in [0.25, 0.3) is 88.9 Å². The third kappa shape index (κ3) is 4.77. The summed E-state index contributed by atoms with van der Waals surface area (Å²) in [6.45, 7) is 0. The van der Waals surface area contributed by atoms with Crippen LogP contribution in [0.15, 0.2) is 174 Å². The second kappa shape index (κ2) is 11.2. The van der Waals surface area contributed by atoms with Gasteiger partial charge in [-0.1, -0.05) is 152 Å². The predicted octanol–water partition coefficient (Wildman–Crippen LogP) is 11.9. The maximum absolute atomic E-state index is 6.65. The summed E-state index contributed by atoms with van der Waals surface area (Å²) in [7, 11) is 0. The summed E-state index contributed by atoms with van der Waals surface area (Å²) in [6, 6.07) is 59.1. The monoisotopic (exact) mass is 600 g/mol. The van der Waals surface area contributed by atoms with E-state index in [-0.39, 0.29) is 0 Å². The van der Waals surface area contributed by atoms with Crippen LogP contribution in [0.2, 0.25) is 0 Å². The van der Waals surface area contributed by atoms with Gasteiger partial charge in [-0.05, 0) is 51.2 Å². The van der Waals surface area contributed by atoms with Crippen molar-refractivity contribution in [1.29, 1.82) is 0 Å². The average Bonchev–Trinajstić information content (AvgIpc) is 3.55. The lowest BCUT2D eigenvalue weighted by Crippen LogP contribution is -1.96. The Morgan fingerprint density at radius 2 is 0.936 bits per heavy atom. The minimum absolute atomic E-state index is 0.632. The zero-order valence-corrected chi connectivity index (χ0v) is 25.5. The van der Waals surface area contributed by atoms with Crippen molar-refractivity contribution in [3.8, 4) is 56.2 Å². The molecule has 0 bridgehead atoms. The van der Waals surface area contributed by atoms with Crippen molar-refractivity contribution < 1.29 is 4.42 Å². The molecule has 3 nitrogen and oxygen atoms in total. The largest absolute Gasteiger partial charge is 0.455 e. The Balaban J connectivity index is 1.23. The van der Waals surface area contributed by atoms with Gasteiger partial charge < -0.3 is 4.42 Å². The molecule has 0 N–H and O–H groups in total. The molecule has 0 aliphatic rings. The Morgan fingerprint density at radius 1 is 0.383 bits per heavy atom. The Morgan fingerprint density at radius 3 is 1.64 bits per heavy atom. The number of nitrogens with zero attached hydrogens (tertiary/aromatic N) is 2. The Bertz CT molecular complexity index is 2490. The van der Waals surface area contributed by atoms with Crippen molar-refractivity contribution in [1.82, 2.24) is 9.97 Å². The van der Waals surface area contributed by atoms with E-state index in [2.05, 4.69) is 121 Å². The van der Waals surface area contributed by atoms with Gasteiger partial charge in [-0.25, -0.2) is 9.97 Å². The van der Waals surface area contributed by atoms with Crippen LogP contribution in [0, 0.1) is 0 Å². The molecule has 0 unspecified atom stereocenters. The first-order chi connectivity index (χ1) is 23.3. The van der Waals surface area contributed by atoms with Crippen molar-refractivity contribution in [2.75, 3.05) is 0 Å². The minimum Gasteiger partial charge on any atom is -0.455 e. The van der Waals surface area contributed by atoms with Gasteiger partial charge in [-0.15, -0.1) is 0 Å². The molecule has 0 aliphatic heterocycles. The lowest BCUT2D eigenvalue weighted by Gasteiger charge is -2.12. The van der Waals surface area contributed by atoms with Crippen LogP contribution >= 0.6 is 0 Å². The lowest BCUT2D eigenvalue weighted by atomic mass is 9.93. The second-order valence-electron chi connectivity index (χ2n) is 11.8. The number of furan rings is 1. The number of fused-ring (bicyclic) bond motifs is 4. The van der Waals surface area contributed by atoms with Crippen molar-refractivity contribution in [2.24, 2.45) is 0 Å². The zero-order valence-electron chi connectivity index (χ0n) is 25.5. The number of para-hydroxylation sites is 1. The van der Waals surface area contributed by atoms with Crippen molar-refractivity contribution in [3.05, 3.63) is 170 Å². The molecule has 2 heterocycles. The quantitative estimate of drug-likeness (QED) is 0.197. The topological polar surface area (TPSA) is 38.9 Å². The molecule has 9 rings (SSSR count). The summed E-state index contributed by atoms with van der Waals surface area (Å²) in [5.41, 5.74) is 11.0. The maximum Gasteiger partial charge on any atom is 0.164 e. The van der Waals surface area contributed by atoms with Crippen LogP contribution in [0.4, 0.5) is 0 Å². The molecule has 0 fully saturated rings. The summed E-state index contributed by atoms with van der Waals surface area (Å²) >= 11 is 0. The van der Waals surface area contributed by atoms with E-state index in [1.54, 1.807) is 0 Å². The molecule has 0 radical (unpaired) electrons. The molecular formula is C44H28N2O. The van der Waals surface area contributed by atoms with E-state index in [1.807, 2.05) is 48.5 Å². The van der Waals surface area contributed by atoms with E-state index < -0.39 is 0 Å². The summed E-state index contributed by atoms with van der Waals surface area (Å²) in [5, 5.41) is 4.62. The predicted molar refractivity (Wildman–Crippen MR) is 194 cm³/mol. The molecular weight excluding hydrogens is 572 g/mol. The highest BCUT2D eigenvalue weighted by Gasteiger charge is 2.20. The minimum atomic E-state index is 0.632. The molecule has 7 aromatic carbocycles. The third-order valence-corrected chi connectivity index (χ3v) is 8.93. The molecule has 47 heavy (non-hydrogen) atoms. The molecule has 0 spiro atoms. The lowest BCUT2D eigenvalue weighted by molar-refractivity contribution is 0.669. The fourth-order valence-electron chi connectivity index (χ4n) is 6.63. The van der Waals surface area contributed by atoms with Gasteiger partial charge in [-0.3, -0.25) is 0 Å². The summed E-state index contributed by atoms with van der Waals surface area (Å²) in [6.07, 6.45) is 0. The van der Waals surface area contributed by atoms with Gasteiger partial charge in [0.05, 0.1) is 17.0 Å². The van der Waals surface area contributed by atoms with Gasteiger partial charge in [-0.2, -0.15) is 0 Å². The fourth-order valence-corrected chi connectivity index (χ4v) is 6.63. The van der Waals surface area contributed by atoms with Crippen molar-refractivity contribution in [3.63, 3.8) is 0 Å². The molecule has 3 heteroatoms. The van der Waals surface area contributed by atoms with Crippen LogP contribution in [0.3, 0.4) is 0 Å². The van der Waals surface area contributed by atoms with Crippen LogP contribution < -0.4 is 0 Å². The first kappa shape index (κ1) is 27.0. The molecule has 0 atom stereocenters. The van der Waals surface area contributed by atoms with E-state index in [1.165, 1.54) is 21.9 Å². The fraction of sp³-hybridized carbons (Fsp3) is 0. The Kier molecular flexibility index (Phi) is 6.46. The van der Waals surface area contributed by atoms with Gasteiger partial charge in [0.15, 0.2) is 5.82 Å². The van der Waals surface area contributed by atoms with E-state index in [0.29, 0.717) is 5.82 Å². The van der Waals surface area contributed by atoms with Crippen LogP contribution in [0.5, 0.6) is 0 Å². The van der Waals surface area contributed by atoms with Gasteiger partial charge >= 0.3 is 0 Å². The molecule has 0 saturated carbocycles. The van der Waals surface area contributed by atoms with E-state index >= 15 is 0 Å².